The Balaban J connectivity index is 1.90. The second-order valence-corrected chi connectivity index (χ2v) is 4.27. The van der Waals surface area contributed by atoms with Crippen LogP contribution in [0.2, 0.25) is 0 Å². The fraction of sp³-hybridized carbons (Fsp3) is 0.800. The second-order valence-electron chi connectivity index (χ2n) is 4.27. The Morgan fingerprint density at radius 2 is 2.43 bits per heavy atom. The van der Waals surface area contributed by atoms with Gasteiger partial charge in [0.05, 0.1) is 11.8 Å². The van der Waals surface area contributed by atoms with Gasteiger partial charge in [0.2, 0.25) is 0 Å². The molecule has 0 aliphatic heterocycles. The number of aromatic nitrogens is 3. The van der Waals surface area contributed by atoms with Gasteiger partial charge in [-0.2, -0.15) is 0 Å². The monoisotopic (exact) mass is 195 g/mol. The molecular formula is C10H17N3O. The van der Waals surface area contributed by atoms with Gasteiger partial charge in [-0.15, -0.1) is 5.10 Å². The Morgan fingerprint density at radius 3 is 3.07 bits per heavy atom. The molecule has 4 nitrogen and oxygen atoms in total. The molecule has 1 aliphatic rings. The fourth-order valence-electron chi connectivity index (χ4n) is 2.23. The molecule has 0 amide bonds. The van der Waals surface area contributed by atoms with Crippen LogP contribution < -0.4 is 0 Å². The summed E-state index contributed by atoms with van der Waals surface area (Å²) in [4.78, 5) is 0. The maximum Gasteiger partial charge on any atom is 0.0829 e. The number of aliphatic hydroxyl groups excluding tert-OH is 1. The number of hydrogen-bond acceptors (Lipinski definition) is 3. The predicted octanol–water partition coefficient (Wildman–Crippen LogP) is 0.909. The molecule has 2 rings (SSSR count). The summed E-state index contributed by atoms with van der Waals surface area (Å²) >= 11 is 0. The first-order valence-electron chi connectivity index (χ1n) is 5.27. The van der Waals surface area contributed by atoms with Crippen molar-refractivity contribution in [2.24, 2.45) is 13.0 Å². The van der Waals surface area contributed by atoms with Gasteiger partial charge in [-0.3, -0.25) is 4.68 Å². The van der Waals surface area contributed by atoms with E-state index >= 15 is 0 Å². The van der Waals surface area contributed by atoms with Crippen molar-refractivity contribution in [2.75, 3.05) is 0 Å². The average Bonchev–Trinajstić information content (AvgIpc) is 2.51. The summed E-state index contributed by atoms with van der Waals surface area (Å²) in [6.45, 7) is 0. The SMILES string of the molecule is Cn1cc(CC2CCCC(O)C2)nn1. The molecule has 4 heteroatoms. The third-order valence-electron chi connectivity index (χ3n) is 2.90. The van der Waals surface area contributed by atoms with E-state index in [1.807, 2.05) is 13.2 Å². The lowest BCUT2D eigenvalue weighted by molar-refractivity contribution is 0.101. The average molecular weight is 195 g/mol. The summed E-state index contributed by atoms with van der Waals surface area (Å²) < 4.78 is 1.73. The minimum Gasteiger partial charge on any atom is -0.393 e. The van der Waals surface area contributed by atoms with E-state index < -0.39 is 0 Å². The van der Waals surface area contributed by atoms with E-state index in [9.17, 15) is 5.11 Å². The van der Waals surface area contributed by atoms with Crippen molar-refractivity contribution in [1.82, 2.24) is 15.0 Å². The van der Waals surface area contributed by atoms with Crippen molar-refractivity contribution < 1.29 is 5.11 Å². The molecule has 14 heavy (non-hydrogen) atoms. The van der Waals surface area contributed by atoms with Gasteiger partial charge in [0.25, 0.3) is 0 Å². The Morgan fingerprint density at radius 1 is 1.57 bits per heavy atom. The molecule has 0 spiro atoms. The summed E-state index contributed by atoms with van der Waals surface area (Å²) in [6.07, 6.45) is 7.09. The summed E-state index contributed by atoms with van der Waals surface area (Å²) in [5, 5.41) is 17.5. The minimum atomic E-state index is -0.0922. The number of aliphatic hydroxyl groups is 1. The predicted molar refractivity (Wildman–Crippen MR) is 52.7 cm³/mol. The quantitative estimate of drug-likeness (QED) is 0.763. The van der Waals surface area contributed by atoms with Gasteiger partial charge in [-0.05, 0) is 31.6 Å². The fourth-order valence-corrected chi connectivity index (χ4v) is 2.23. The van der Waals surface area contributed by atoms with Crippen molar-refractivity contribution in [3.05, 3.63) is 11.9 Å². The normalized spacial score (nSPS) is 27.9. The van der Waals surface area contributed by atoms with Crippen LogP contribution in [0, 0.1) is 5.92 Å². The van der Waals surface area contributed by atoms with E-state index in [-0.39, 0.29) is 6.10 Å². The first kappa shape index (κ1) is 9.65. The molecule has 0 saturated heterocycles. The van der Waals surface area contributed by atoms with Gasteiger partial charge in [0, 0.05) is 13.2 Å². The Hall–Kier alpha value is -0.900. The minimum absolute atomic E-state index is 0.0922. The number of rotatable bonds is 2. The molecule has 1 heterocycles. The molecule has 1 N–H and O–H groups in total. The van der Waals surface area contributed by atoms with Gasteiger partial charge in [-0.1, -0.05) is 11.6 Å². The van der Waals surface area contributed by atoms with E-state index in [0.717, 1.165) is 31.4 Å². The molecule has 1 fully saturated rings. The smallest absolute Gasteiger partial charge is 0.0829 e. The topological polar surface area (TPSA) is 50.9 Å². The molecule has 1 aromatic rings. The van der Waals surface area contributed by atoms with Crippen LogP contribution in [-0.4, -0.2) is 26.2 Å². The van der Waals surface area contributed by atoms with Crippen LogP contribution in [0.3, 0.4) is 0 Å². The largest absolute Gasteiger partial charge is 0.393 e. The Kier molecular flexibility index (Phi) is 2.82. The third-order valence-corrected chi connectivity index (χ3v) is 2.90. The van der Waals surface area contributed by atoms with Gasteiger partial charge in [-0.25, -0.2) is 0 Å². The van der Waals surface area contributed by atoms with E-state index in [0.29, 0.717) is 5.92 Å². The zero-order valence-corrected chi connectivity index (χ0v) is 8.56. The zero-order valence-electron chi connectivity index (χ0n) is 8.56. The number of hydrogen-bond donors (Lipinski definition) is 1. The van der Waals surface area contributed by atoms with Crippen LogP contribution >= 0.6 is 0 Å². The van der Waals surface area contributed by atoms with Crippen LogP contribution in [-0.2, 0) is 13.5 Å². The van der Waals surface area contributed by atoms with Crippen molar-refractivity contribution in [2.45, 2.75) is 38.2 Å². The third kappa shape index (κ3) is 2.32. The molecule has 2 unspecified atom stereocenters. The molecule has 0 radical (unpaired) electrons. The zero-order chi connectivity index (χ0) is 9.97. The van der Waals surface area contributed by atoms with Gasteiger partial charge in [0.15, 0.2) is 0 Å². The van der Waals surface area contributed by atoms with Crippen molar-refractivity contribution in [3.8, 4) is 0 Å². The van der Waals surface area contributed by atoms with Crippen molar-refractivity contribution in [3.63, 3.8) is 0 Å². The van der Waals surface area contributed by atoms with Crippen LogP contribution in [0.5, 0.6) is 0 Å². The summed E-state index contributed by atoms with van der Waals surface area (Å²) in [6, 6.07) is 0. The molecular weight excluding hydrogens is 178 g/mol. The van der Waals surface area contributed by atoms with Crippen LogP contribution in [0.4, 0.5) is 0 Å². The molecule has 1 aliphatic carbocycles. The van der Waals surface area contributed by atoms with Gasteiger partial charge >= 0.3 is 0 Å². The van der Waals surface area contributed by atoms with E-state index in [1.54, 1.807) is 4.68 Å². The molecule has 1 aromatic heterocycles. The summed E-state index contributed by atoms with van der Waals surface area (Å²) in [7, 11) is 1.88. The number of aryl methyl sites for hydroxylation is 1. The Labute approximate surface area is 83.9 Å². The highest BCUT2D eigenvalue weighted by Gasteiger charge is 2.21. The standard InChI is InChI=1S/C10H17N3O/c1-13-7-9(11-12-13)5-8-3-2-4-10(14)6-8/h7-8,10,14H,2-6H2,1H3. The maximum atomic E-state index is 9.52. The highest BCUT2D eigenvalue weighted by atomic mass is 16.3. The van der Waals surface area contributed by atoms with Crippen LogP contribution in [0.1, 0.15) is 31.4 Å². The van der Waals surface area contributed by atoms with E-state index in [1.165, 1.54) is 6.42 Å². The molecule has 78 valence electrons. The Bertz CT molecular complexity index is 297. The second kappa shape index (κ2) is 4.09. The summed E-state index contributed by atoms with van der Waals surface area (Å²) in [5.41, 5.74) is 1.05. The van der Waals surface area contributed by atoms with Crippen LogP contribution in [0.25, 0.3) is 0 Å². The van der Waals surface area contributed by atoms with Gasteiger partial charge < -0.3 is 5.11 Å². The van der Waals surface area contributed by atoms with Gasteiger partial charge in [0.1, 0.15) is 0 Å². The number of nitrogens with zero attached hydrogens (tertiary/aromatic N) is 3. The first-order chi connectivity index (χ1) is 6.74. The molecule has 2 atom stereocenters. The molecule has 1 saturated carbocycles. The lowest BCUT2D eigenvalue weighted by Crippen LogP contribution is -2.21. The van der Waals surface area contributed by atoms with Crippen molar-refractivity contribution >= 4 is 0 Å². The first-order valence-corrected chi connectivity index (χ1v) is 5.27. The van der Waals surface area contributed by atoms with Crippen LogP contribution in [0.15, 0.2) is 6.20 Å². The molecule has 0 bridgehead atoms. The van der Waals surface area contributed by atoms with E-state index in [2.05, 4.69) is 10.3 Å². The molecule has 0 aromatic carbocycles. The van der Waals surface area contributed by atoms with Crippen molar-refractivity contribution in [1.29, 1.82) is 0 Å². The maximum absolute atomic E-state index is 9.52. The van der Waals surface area contributed by atoms with E-state index in [4.69, 9.17) is 0 Å². The highest BCUT2D eigenvalue weighted by molar-refractivity contribution is 4.94. The lowest BCUT2D eigenvalue weighted by atomic mass is 9.84. The summed E-state index contributed by atoms with van der Waals surface area (Å²) in [5.74, 6) is 0.593. The lowest BCUT2D eigenvalue weighted by Gasteiger charge is -2.24. The highest BCUT2D eigenvalue weighted by Crippen LogP contribution is 2.26.